The Morgan fingerprint density at radius 2 is 1.78 bits per heavy atom. The van der Waals surface area contributed by atoms with E-state index in [0.717, 1.165) is 41.8 Å². The van der Waals surface area contributed by atoms with Crippen molar-refractivity contribution in [2.75, 3.05) is 18.0 Å². The summed E-state index contributed by atoms with van der Waals surface area (Å²) in [6, 6.07) is 19.6. The highest BCUT2D eigenvalue weighted by Gasteiger charge is 2.30. The lowest BCUT2D eigenvalue weighted by atomic mass is 9.96. The van der Waals surface area contributed by atoms with Crippen LogP contribution in [0.15, 0.2) is 73.1 Å². The van der Waals surface area contributed by atoms with E-state index in [1.807, 2.05) is 55.6 Å². The molecule has 1 aliphatic heterocycles. The summed E-state index contributed by atoms with van der Waals surface area (Å²) in [5.41, 5.74) is 2.98. The summed E-state index contributed by atoms with van der Waals surface area (Å²) < 4.78 is 2.07. The SMILES string of the molecule is Cn1c([C@H](NC(=O)[C@@H]2CCCN(c3ncccn3)C2)c2ccccc2)nc2ccccc21. The Balaban J connectivity index is 1.43. The summed E-state index contributed by atoms with van der Waals surface area (Å²) in [5, 5.41) is 3.30. The van der Waals surface area contributed by atoms with E-state index in [-0.39, 0.29) is 17.9 Å². The van der Waals surface area contributed by atoms with Gasteiger partial charge < -0.3 is 14.8 Å². The molecule has 0 bridgehead atoms. The second-order valence-electron chi connectivity index (χ2n) is 8.20. The lowest BCUT2D eigenvalue weighted by molar-refractivity contribution is -0.125. The van der Waals surface area contributed by atoms with Gasteiger partial charge in [-0.3, -0.25) is 4.79 Å². The van der Waals surface area contributed by atoms with E-state index in [1.54, 1.807) is 18.5 Å². The molecule has 2 atom stereocenters. The van der Waals surface area contributed by atoms with Gasteiger partial charge >= 0.3 is 0 Å². The third-order valence-corrected chi connectivity index (χ3v) is 6.13. The number of piperidine rings is 1. The fourth-order valence-electron chi connectivity index (χ4n) is 4.45. The maximum atomic E-state index is 13.4. The fraction of sp³-hybridized carbons (Fsp3) is 0.280. The molecule has 0 radical (unpaired) electrons. The van der Waals surface area contributed by atoms with Crippen LogP contribution in [0.5, 0.6) is 0 Å². The molecule has 0 spiro atoms. The van der Waals surface area contributed by atoms with Gasteiger partial charge in [0.25, 0.3) is 0 Å². The van der Waals surface area contributed by atoms with Crippen LogP contribution in [0, 0.1) is 5.92 Å². The minimum atomic E-state index is -0.329. The summed E-state index contributed by atoms with van der Waals surface area (Å²) >= 11 is 0. The van der Waals surface area contributed by atoms with Crippen molar-refractivity contribution in [2.24, 2.45) is 13.0 Å². The standard InChI is InChI=1S/C25H26N6O/c1-30-21-13-6-5-12-20(21)28-23(30)22(18-9-3-2-4-10-18)29-24(32)19-11-7-16-31(17-19)25-26-14-8-15-27-25/h2-6,8-10,12-15,19,22H,7,11,16-17H2,1H3,(H,29,32)/t19-,22-/m1/s1. The molecule has 7 heteroatoms. The van der Waals surface area contributed by atoms with Gasteiger partial charge in [-0.1, -0.05) is 42.5 Å². The molecule has 0 aliphatic carbocycles. The van der Waals surface area contributed by atoms with E-state index in [1.165, 1.54) is 0 Å². The first-order valence-corrected chi connectivity index (χ1v) is 11.0. The first-order chi connectivity index (χ1) is 15.7. The molecule has 32 heavy (non-hydrogen) atoms. The zero-order valence-corrected chi connectivity index (χ0v) is 18.1. The number of carbonyl (C=O) groups excluding carboxylic acids is 1. The monoisotopic (exact) mass is 426 g/mol. The zero-order chi connectivity index (χ0) is 21.9. The number of aryl methyl sites for hydroxylation is 1. The molecular weight excluding hydrogens is 400 g/mol. The Labute approximate surface area is 187 Å². The highest BCUT2D eigenvalue weighted by Crippen LogP contribution is 2.27. The largest absolute Gasteiger partial charge is 0.342 e. The van der Waals surface area contributed by atoms with Crippen LogP contribution >= 0.6 is 0 Å². The molecule has 0 unspecified atom stereocenters. The molecule has 2 aromatic heterocycles. The maximum Gasteiger partial charge on any atom is 0.225 e. The van der Waals surface area contributed by atoms with Gasteiger partial charge in [0.2, 0.25) is 11.9 Å². The molecule has 1 fully saturated rings. The number of nitrogens with one attached hydrogen (secondary N) is 1. The van der Waals surface area contributed by atoms with E-state index < -0.39 is 0 Å². The van der Waals surface area contributed by atoms with Crippen molar-refractivity contribution in [3.05, 3.63) is 84.4 Å². The van der Waals surface area contributed by atoms with Crippen LogP contribution in [-0.4, -0.2) is 38.5 Å². The second kappa shape index (κ2) is 8.78. The van der Waals surface area contributed by atoms with E-state index in [9.17, 15) is 4.79 Å². The number of para-hydroxylation sites is 2. The number of aromatic nitrogens is 4. The predicted octanol–water partition coefficient (Wildman–Crippen LogP) is 3.49. The Morgan fingerprint density at radius 1 is 1.03 bits per heavy atom. The highest BCUT2D eigenvalue weighted by atomic mass is 16.2. The van der Waals surface area contributed by atoms with E-state index in [4.69, 9.17) is 4.98 Å². The Hall–Kier alpha value is -3.74. The highest BCUT2D eigenvalue weighted by molar-refractivity contribution is 5.81. The number of carbonyl (C=O) groups is 1. The van der Waals surface area contributed by atoms with Crippen molar-refractivity contribution in [1.29, 1.82) is 0 Å². The number of amides is 1. The van der Waals surface area contributed by atoms with Gasteiger partial charge in [-0.05, 0) is 36.6 Å². The second-order valence-corrected chi connectivity index (χ2v) is 8.20. The quantitative estimate of drug-likeness (QED) is 0.529. The number of anilines is 1. The van der Waals surface area contributed by atoms with Gasteiger partial charge in [0, 0.05) is 32.5 Å². The Morgan fingerprint density at radius 3 is 2.56 bits per heavy atom. The summed E-state index contributed by atoms with van der Waals surface area (Å²) in [5.74, 6) is 1.41. The molecule has 5 rings (SSSR count). The predicted molar refractivity (Wildman–Crippen MR) is 124 cm³/mol. The Kier molecular flexibility index (Phi) is 5.54. The van der Waals surface area contributed by atoms with Crippen molar-refractivity contribution in [1.82, 2.24) is 24.8 Å². The zero-order valence-electron chi connectivity index (χ0n) is 18.1. The van der Waals surface area contributed by atoms with Crippen LogP contribution < -0.4 is 10.2 Å². The number of fused-ring (bicyclic) bond motifs is 1. The molecule has 0 saturated carbocycles. The average Bonchev–Trinajstić information content (AvgIpc) is 3.20. The third-order valence-electron chi connectivity index (χ3n) is 6.13. The third kappa shape index (κ3) is 3.93. The van der Waals surface area contributed by atoms with Gasteiger partial charge in [-0.2, -0.15) is 0 Å². The molecule has 1 saturated heterocycles. The van der Waals surface area contributed by atoms with Crippen LogP contribution in [-0.2, 0) is 11.8 Å². The molecule has 1 N–H and O–H groups in total. The Bertz CT molecular complexity index is 1210. The van der Waals surface area contributed by atoms with Gasteiger partial charge in [-0.25, -0.2) is 15.0 Å². The van der Waals surface area contributed by atoms with Crippen molar-refractivity contribution < 1.29 is 4.79 Å². The average molecular weight is 427 g/mol. The van der Waals surface area contributed by atoms with Crippen molar-refractivity contribution in [3.8, 4) is 0 Å². The number of hydrogen-bond acceptors (Lipinski definition) is 5. The molecule has 4 aromatic rings. The first-order valence-electron chi connectivity index (χ1n) is 11.0. The van der Waals surface area contributed by atoms with E-state index in [2.05, 4.69) is 30.8 Å². The first kappa shape index (κ1) is 20.2. The van der Waals surface area contributed by atoms with E-state index in [0.29, 0.717) is 12.5 Å². The topological polar surface area (TPSA) is 75.9 Å². The van der Waals surface area contributed by atoms with Crippen molar-refractivity contribution >= 4 is 22.9 Å². The lowest BCUT2D eigenvalue weighted by Gasteiger charge is -2.32. The molecule has 1 aliphatic rings. The van der Waals surface area contributed by atoms with Crippen LogP contribution in [0.1, 0.15) is 30.3 Å². The summed E-state index contributed by atoms with van der Waals surface area (Å²) in [7, 11) is 2.00. The fourth-order valence-corrected chi connectivity index (χ4v) is 4.45. The maximum absolute atomic E-state index is 13.4. The summed E-state index contributed by atoms with van der Waals surface area (Å²) in [4.78, 5) is 29.1. The lowest BCUT2D eigenvalue weighted by Crippen LogP contribution is -2.45. The number of imidazole rings is 1. The van der Waals surface area contributed by atoms with Crippen LogP contribution in [0.25, 0.3) is 11.0 Å². The molecule has 7 nitrogen and oxygen atoms in total. The molecule has 3 heterocycles. The van der Waals surface area contributed by atoms with Crippen LogP contribution in [0.3, 0.4) is 0 Å². The van der Waals surface area contributed by atoms with Gasteiger partial charge in [0.1, 0.15) is 11.9 Å². The smallest absolute Gasteiger partial charge is 0.225 e. The van der Waals surface area contributed by atoms with Crippen molar-refractivity contribution in [2.45, 2.75) is 18.9 Å². The van der Waals surface area contributed by atoms with Crippen molar-refractivity contribution in [3.63, 3.8) is 0 Å². The number of hydrogen-bond donors (Lipinski definition) is 1. The van der Waals surface area contributed by atoms with Gasteiger partial charge in [-0.15, -0.1) is 0 Å². The number of nitrogens with zero attached hydrogens (tertiary/aromatic N) is 5. The molecule has 1 amide bonds. The molecule has 162 valence electrons. The number of benzene rings is 2. The summed E-state index contributed by atoms with van der Waals surface area (Å²) in [6.07, 6.45) is 5.25. The van der Waals surface area contributed by atoms with E-state index >= 15 is 0 Å². The van der Waals surface area contributed by atoms with Crippen LogP contribution in [0.2, 0.25) is 0 Å². The van der Waals surface area contributed by atoms with Crippen LogP contribution in [0.4, 0.5) is 5.95 Å². The minimum Gasteiger partial charge on any atom is -0.342 e. The molecule has 2 aromatic carbocycles. The normalized spacial score (nSPS) is 17.3. The van der Waals surface area contributed by atoms with Gasteiger partial charge in [0.05, 0.1) is 17.0 Å². The summed E-state index contributed by atoms with van der Waals surface area (Å²) in [6.45, 7) is 1.47. The van der Waals surface area contributed by atoms with Gasteiger partial charge in [0.15, 0.2) is 0 Å². The number of rotatable bonds is 5. The minimum absolute atomic E-state index is 0.0338. The molecular formula is C25H26N6O.